The van der Waals surface area contributed by atoms with Crippen LogP contribution in [0.2, 0.25) is 0 Å². The molecule has 0 heterocycles. The Morgan fingerprint density at radius 3 is 2.42 bits per heavy atom. The van der Waals surface area contributed by atoms with Gasteiger partial charge in [0.1, 0.15) is 11.5 Å². The van der Waals surface area contributed by atoms with Crippen LogP contribution in [-0.4, -0.2) is 16.2 Å². The second-order valence-corrected chi connectivity index (χ2v) is 9.18. The Bertz CT molecular complexity index is 811. The van der Waals surface area contributed by atoms with Gasteiger partial charge in [0.2, 0.25) is 0 Å². The summed E-state index contributed by atoms with van der Waals surface area (Å²) in [6, 6.07) is 5.15. The first kappa shape index (κ1) is 20.5. The SMILES string of the molecule is Nc1c(CCC(=O)O)cc(I)c(Oc2ccc(O)c(I)c2I)c1I. The molecular formula is C15H11I4NO4. The second kappa shape index (κ2) is 8.75. The molecule has 0 aliphatic carbocycles. The number of aromatic hydroxyl groups is 1. The fourth-order valence-corrected chi connectivity index (χ4v) is 4.95. The molecule has 2 rings (SSSR count). The summed E-state index contributed by atoms with van der Waals surface area (Å²) < 4.78 is 9.17. The summed E-state index contributed by atoms with van der Waals surface area (Å²) in [6.45, 7) is 0. The highest BCUT2D eigenvalue weighted by Gasteiger charge is 2.18. The van der Waals surface area contributed by atoms with Crippen molar-refractivity contribution in [3.63, 3.8) is 0 Å². The molecule has 2 aromatic carbocycles. The summed E-state index contributed by atoms with van der Waals surface area (Å²) in [7, 11) is 0. The van der Waals surface area contributed by atoms with Crippen LogP contribution in [0.1, 0.15) is 12.0 Å². The molecule has 0 amide bonds. The number of benzene rings is 2. The monoisotopic (exact) mass is 777 g/mol. The van der Waals surface area contributed by atoms with Crippen LogP contribution in [0.4, 0.5) is 5.69 Å². The Labute approximate surface area is 193 Å². The lowest BCUT2D eigenvalue weighted by Crippen LogP contribution is -2.05. The first-order valence-electron chi connectivity index (χ1n) is 6.55. The Kier molecular flexibility index (Phi) is 7.49. The molecule has 0 fully saturated rings. The molecule has 0 saturated heterocycles. The first-order valence-corrected chi connectivity index (χ1v) is 10.9. The number of hydrogen-bond donors (Lipinski definition) is 3. The Morgan fingerprint density at radius 1 is 1.12 bits per heavy atom. The summed E-state index contributed by atoms with van der Waals surface area (Å²) in [5.74, 6) is 0.617. The summed E-state index contributed by atoms with van der Waals surface area (Å²) in [4.78, 5) is 10.8. The van der Waals surface area contributed by atoms with Gasteiger partial charge < -0.3 is 20.7 Å². The molecule has 0 bridgehead atoms. The number of nitrogen functional groups attached to an aromatic ring is 1. The average molecular weight is 777 g/mol. The molecule has 0 radical (unpaired) electrons. The zero-order chi connectivity index (χ0) is 18.0. The lowest BCUT2D eigenvalue weighted by Gasteiger charge is -2.16. The van der Waals surface area contributed by atoms with Gasteiger partial charge in [-0.05, 0) is 121 Å². The van der Waals surface area contributed by atoms with Crippen LogP contribution in [0.3, 0.4) is 0 Å². The summed E-state index contributed by atoms with van der Waals surface area (Å²) in [6.07, 6.45) is 0.409. The third-order valence-electron chi connectivity index (χ3n) is 3.15. The lowest BCUT2D eigenvalue weighted by molar-refractivity contribution is -0.136. The average Bonchev–Trinajstić information content (AvgIpc) is 2.53. The summed E-state index contributed by atoms with van der Waals surface area (Å²) in [5, 5.41) is 18.6. The van der Waals surface area contributed by atoms with Crippen LogP contribution in [0, 0.1) is 14.3 Å². The van der Waals surface area contributed by atoms with E-state index in [9.17, 15) is 9.90 Å². The highest BCUT2D eigenvalue weighted by Crippen LogP contribution is 2.40. The maximum absolute atomic E-state index is 10.8. The van der Waals surface area contributed by atoms with Gasteiger partial charge in [0.15, 0.2) is 5.75 Å². The number of carboxylic acids is 1. The van der Waals surface area contributed by atoms with E-state index >= 15 is 0 Å². The minimum Gasteiger partial charge on any atom is -0.507 e. The van der Waals surface area contributed by atoms with Crippen LogP contribution in [0.25, 0.3) is 0 Å². The van der Waals surface area contributed by atoms with Crippen molar-refractivity contribution in [1.29, 1.82) is 0 Å². The molecule has 9 heteroatoms. The third-order valence-corrected chi connectivity index (χ3v) is 8.21. The molecule has 0 aromatic heterocycles. The fraction of sp³-hybridized carbons (Fsp3) is 0.133. The second-order valence-electron chi connectivity index (χ2n) is 4.78. The zero-order valence-electron chi connectivity index (χ0n) is 11.9. The third kappa shape index (κ3) is 4.69. The van der Waals surface area contributed by atoms with E-state index in [1.165, 1.54) is 0 Å². The van der Waals surface area contributed by atoms with Crippen molar-refractivity contribution in [2.24, 2.45) is 0 Å². The molecule has 24 heavy (non-hydrogen) atoms. The van der Waals surface area contributed by atoms with Gasteiger partial charge in [-0.3, -0.25) is 4.79 Å². The van der Waals surface area contributed by atoms with Crippen LogP contribution in [0.5, 0.6) is 17.2 Å². The van der Waals surface area contributed by atoms with Crippen LogP contribution >= 0.6 is 90.4 Å². The predicted molar refractivity (Wildman–Crippen MR) is 126 cm³/mol. The summed E-state index contributed by atoms with van der Waals surface area (Å²) in [5.41, 5.74) is 7.49. The van der Waals surface area contributed by atoms with Gasteiger partial charge >= 0.3 is 5.97 Å². The van der Waals surface area contributed by atoms with Gasteiger partial charge in [0.05, 0.1) is 20.0 Å². The molecule has 0 unspecified atom stereocenters. The number of nitrogens with two attached hydrogens (primary N) is 1. The fourth-order valence-electron chi connectivity index (χ4n) is 1.92. The van der Waals surface area contributed by atoms with Gasteiger partial charge in [0, 0.05) is 6.42 Å². The smallest absolute Gasteiger partial charge is 0.303 e. The van der Waals surface area contributed by atoms with E-state index in [2.05, 4.69) is 90.4 Å². The topological polar surface area (TPSA) is 92.8 Å². The molecule has 128 valence electrons. The van der Waals surface area contributed by atoms with E-state index < -0.39 is 5.97 Å². The van der Waals surface area contributed by atoms with E-state index in [-0.39, 0.29) is 12.2 Å². The number of carboxylic acid groups (broad SMARTS) is 1. The van der Waals surface area contributed by atoms with Gasteiger partial charge in [-0.2, -0.15) is 0 Å². The molecule has 0 aliphatic rings. The molecule has 4 N–H and O–H groups in total. The molecule has 0 spiro atoms. The van der Waals surface area contributed by atoms with E-state index in [4.69, 9.17) is 15.6 Å². The largest absolute Gasteiger partial charge is 0.507 e. The number of aryl methyl sites for hydroxylation is 1. The molecule has 0 aliphatic heterocycles. The van der Waals surface area contributed by atoms with E-state index in [0.29, 0.717) is 23.6 Å². The number of phenolic OH excluding ortho intramolecular Hbond substituents is 1. The normalized spacial score (nSPS) is 10.7. The van der Waals surface area contributed by atoms with Crippen molar-refractivity contribution >= 4 is 102 Å². The minimum absolute atomic E-state index is 0.0324. The highest BCUT2D eigenvalue weighted by molar-refractivity contribution is 14.1. The van der Waals surface area contributed by atoms with Crippen molar-refractivity contribution in [2.75, 3.05) is 5.73 Å². The van der Waals surface area contributed by atoms with Gasteiger partial charge in [-0.15, -0.1) is 0 Å². The van der Waals surface area contributed by atoms with Crippen LogP contribution < -0.4 is 10.5 Å². The van der Waals surface area contributed by atoms with Gasteiger partial charge in [0.25, 0.3) is 0 Å². The van der Waals surface area contributed by atoms with E-state index in [0.717, 1.165) is 19.8 Å². The van der Waals surface area contributed by atoms with E-state index in [1.54, 1.807) is 12.1 Å². The molecule has 2 aromatic rings. The molecule has 5 nitrogen and oxygen atoms in total. The van der Waals surface area contributed by atoms with Crippen molar-refractivity contribution < 1.29 is 19.7 Å². The predicted octanol–water partition coefficient (Wildman–Crippen LogP) is 5.20. The van der Waals surface area contributed by atoms with Crippen LogP contribution in [-0.2, 0) is 11.2 Å². The first-order chi connectivity index (χ1) is 11.2. The number of halogens is 4. The number of hydrogen-bond acceptors (Lipinski definition) is 4. The number of ether oxygens (including phenoxy) is 1. The Hall–Kier alpha value is 0.230. The lowest BCUT2D eigenvalue weighted by atomic mass is 10.1. The number of anilines is 1. The van der Waals surface area contributed by atoms with Gasteiger partial charge in [-0.1, -0.05) is 0 Å². The molecule has 0 saturated carbocycles. The highest BCUT2D eigenvalue weighted by atomic mass is 127. The molecular weight excluding hydrogens is 766 g/mol. The van der Waals surface area contributed by atoms with Crippen molar-refractivity contribution in [3.05, 3.63) is 38.0 Å². The van der Waals surface area contributed by atoms with Crippen molar-refractivity contribution in [2.45, 2.75) is 12.8 Å². The Balaban J connectivity index is 2.40. The molecule has 0 atom stereocenters. The van der Waals surface area contributed by atoms with Crippen LogP contribution in [0.15, 0.2) is 18.2 Å². The number of phenols is 1. The standard InChI is InChI=1S/C15H11I4NO4/c16-7-5-6(1-4-10(22)23)14(20)13(19)15(7)24-9-3-2-8(21)11(17)12(9)18/h2-3,5,21H,1,4,20H2,(H,22,23). The minimum atomic E-state index is -0.854. The number of rotatable bonds is 5. The van der Waals surface area contributed by atoms with E-state index in [1.807, 2.05) is 6.07 Å². The Morgan fingerprint density at radius 2 is 1.79 bits per heavy atom. The number of carbonyl (C=O) groups is 1. The maximum atomic E-state index is 10.8. The number of aliphatic carboxylic acids is 1. The summed E-state index contributed by atoms with van der Waals surface area (Å²) >= 11 is 8.45. The zero-order valence-corrected chi connectivity index (χ0v) is 20.6. The van der Waals surface area contributed by atoms with Crippen molar-refractivity contribution in [1.82, 2.24) is 0 Å². The maximum Gasteiger partial charge on any atom is 0.303 e. The quantitative estimate of drug-likeness (QED) is 0.287. The van der Waals surface area contributed by atoms with Gasteiger partial charge in [-0.25, -0.2) is 0 Å². The van der Waals surface area contributed by atoms with Crippen molar-refractivity contribution in [3.8, 4) is 17.2 Å².